The highest BCUT2D eigenvalue weighted by Crippen LogP contribution is 2.67. The molecule has 0 aliphatic heterocycles. The molecular weight excluding hydrogens is 176 g/mol. The Hall–Kier alpha value is -0.790. The molecule has 0 radical (unpaired) electrons. The topological polar surface area (TPSA) is 26.3 Å². The number of fused-ring (bicyclic) bond motifs is 1. The summed E-state index contributed by atoms with van der Waals surface area (Å²) in [4.78, 5) is 11.0. The van der Waals surface area contributed by atoms with Gasteiger partial charge in [-0.05, 0) is 19.3 Å². The molecule has 0 aromatic heterocycles. The van der Waals surface area contributed by atoms with Gasteiger partial charge >= 0.3 is 5.97 Å². The third-order valence-corrected chi connectivity index (χ3v) is 3.83. The molecule has 78 valence electrons. The summed E-state index contributed by atoms with van der Waals surface area (Å²) in [7, 11) is 0. The zero-order valence-electron chi connectivity index (χ0n) is 9.39. The van der Waals surface area contributed by atoms with Crippen molar-refractivity contribution in [3.8, 4) is 0 Å². The molecule has 2 nitrogen and oxygen atoms in total. The standard InChI is InChI=1S/C12H18O2/c1-7(2)12-6-10(12)8(3)5-11(12)14-9(4)13/h7,11H,5-6H2,1-4H3/t11-,12?/m1/s1. The van der Waals surface area contributed by atoms with Crippen LogP contribution in [-0.4, -0.2) is 12.1 Å². The first-order valence-electron chi connectivity index (χ1n) is 5.34. The molecule has 0 aromatic rings. The fourth-order valence-corrected chi connectivity index (χ4v) is 2.96. The molecule has 0 heterocycles. The summed E-state index contributed by atoms with van der Waals surface area (Å²) >= 11 is 0. The zero-order chi connectivity index (χ0) is 10.5. The monoisotopic (exact) mass is 194 g/mol. The van der Waals surface area contributed by atoms with Crippen molar-refractivity contribution in [2.24, 2.45) is 11.3 Å². The highest BCUT2D eigenvalue weighted by Gasteiger charge is 2.62. The van der Waals surface area contributed by atoms with Crippen LogP contribution in [0, 0.1) is 11.3 Å². The van der Waals surface area contributed by atoms with Gasteiger partial charge in [-0.3, -0.25) is 4.79 Å². The summed E-state index contributed by atoms with van der Waals surface area (Å²) in [5.74, 6) is 0.440. The van der Waals surface area contributed by atoms with Crippen molar-refractivity contribution in [2.75, 3.05) is 0 Å². The molecule has 2 heteroatoms. The van der Waals surface area contributed by atoms with Crippen LogP contribution in [0.2, 0.25) is 0 Å². The van der Waals surface area contributed by atoms with Crippen LogP contribution >= 0.6 is 0 Å². The molecule has 0 amide bonds. The maximum atomic E-state index is 11.0. The maximum absolute atomic E-state index is 11.0. The van der Waals surface area contributed by atoms with Gasteiger partial charge in [-0.1, -0.05) is 25.0 Å². The Balaban J connectivity index is 2.20. The number of esters is 1. The molecular formula is C12H18O2. The van der Waals surface area contributed by atoms with E-state index in [0.29, 0.717) is 5.92 Å². The number of rotatable bonds is 2. The molecule has 2 aliphatic rings. The molecule has 2 atom stereocenters. The second-order valence-corrected chi connectivity index (χ2v) is 4.93. The first-order chi connectivity index (χ1) is 6.48. The normalized spacial score (nSPS) is 34.8. The lowest BCUT2D eigenvalue weighted by Gasteiger charge is -2.26. The van der Waals surface area contributed by atoms with Gasteiger partial charge in [0.1, 0.15) is 6.10 Å². The van der Waals surface area contributed by atoms with Crippen LogP contribution in [0.5, 0.6) is 0 Å². The molecule has 0 aromatic carbocycles. The summed E-state index contributed by atoms with van der Waals surface area (Å²) in [6.07, 6.45) is 2.22. The SMILES string of the molecule is CC(=O)O[C@@H]1CC(C)=C2CC21C(C)C. The van der Waals surface area contributed by atoms with E-state index < -0.39 is 0 Å². The lowest BCUT2D eigenvalue weighted by atomic mass is 9.87. The number of hydrogen-bond acceptors (Lipinski definition) is 2. The molecule has 1 fully saturated rings. The predicted octanol–water partition coefficient (Wildman–Crippen LogP) is 2.68. The molecule has 1 unspecified atom stereocenters. The van der Waals surface area contributed by atoms with Crippen molar-refractivity contribution in [3.63, 3.8) is 0 Å². The zero-order valence-corrected chi connectivity index (χ0v) is 9.39. The minimum Gasteiger partial charge on any atom is -0.461 e. The Morgan fingerprint density at radius 1 is 1.57 bits per heavy atom. The van der Waals surface area contributed by atoms with Gasteiger partial charge in [0, 0.05) is 18.8 Å². The van der Waals surface area contributed by atoms with E-state index in [2.05, 4.69) is 20.8 Å². The second kappa shape index (κ2) is 2.85. The van der Waals surface area contributed by atoms with Crippen molar-refractivity contribution in [3.05, 3.63) is 11.1 Å². The van der Waals surface area contributed by atoms with Crippen LogP contribution in [-0.2, 0) is 9.53 Å². The number of hydrogen-bond donors (Lipinski definition) is 0. The summed E-state index contributed by atoms with van der Waals surface area (Å²) < 4.78 is 5.42. The quantitative estimate of drug-likeness (QED) is 0.499. The molecule has 1 saturated carbocycles. The average Bonchev–Trinajstić information content (AvgIpc) is 2.71. The minimum absolute atomic E-state index is 0.120. The van der Waals surface area contributed by atoms with Crippen molar-refractivity contribution in [1.82, 2.24) is 0 Å². The van der Waals surface area contributed by atoms with Crippen molar-refractivity contribution in [2.45, 2.75) is 46.6 Å². The van der Waals surface area contributed by atoms with Gasteiger partial charge in [-0.25, -0.2) is 0 Å². The lowest BCUT2D eigenvalue weighted by molar-refractivity contribution is -0.150. The summed E-state index contributed by atoms with van der Waals surface area (Å²) in [5.41, 5.74) is 3.22. The van der Waals surface area contributed by atoms with Crippen LogP contribution < -0.4 is 0 Å². The van der Waals surface area contributed by atoms with Gasteiger partial charge < -0.3 is 4.74 Å². The Morgan fingerprint density at radius 2 is 2.21 bits per heavy atom. The van der Waals surface area contributed by atoms with Crippen LogP contribution in [0.1, 0.15) is 40.5 Å². The lowest BCUT2D eigenvalue weighted by Crippen LogP contribution is -2.29. The Bertz CT molecular complexity index is 314. The highest BCUT2D eigenvalue weighted by molar-refractivity contribution is 5.67. The summed E-state index contributed by atoms with van der Waals surface area (Å²) in [5, 5.41) is 0. The first-order valence-corrected chi connectivity index (χ1v) is 5.34. The molecule has 2 aliphatic carbocycles. The molecule has 0 N–H and O–H groups in total. The average molecular weight is 194 g/mol. The van der Waals surface area contributed by atoms with Gasteiger partial charge in [0.15, 0.2) is 0 Å². The van der Waals surface area contributed by atoms with Gasteiger partial charge in [0.25, 0.3) is 0 Å². The van der Waals surface area contributed by atoms with Crippen molar-refractivity contribution < 1.29 is 9.53 Å². The maximum Gasteiger partial charge on any atom is 0.302 e. The van der Waals surface area contributed by atoms with Crippen LogP contribution in [0.15, 0.2) is 11.1 Å². The third-order valence-electron chi connectivity index (χ3n) is 3.83. The minimum atomic E-state index is -0.143. The van der Waals surface area contributed by atoms with E-state index in [1.807, 2.05) is 0 Å². The highest BCUT2D eigenvalue weighted by atomic mass is 16.5. The number of carbonyl (C=O) groups excluding carboxylic acids is 1. The van der Waals surface area contributed by atoms with Crippen LogP contribution in [0.25, 0.3) is 0 Å². The number of carbonyl (C=O) groups is 1. The van der Waals surface area contributed by atoms with Crippen LogP contribution in [0.4, 0.5) is 0 Å². The number of ether oxygens (including phenoxy) is 1. The molecule has 2 rings (SSSR count). The summed E-state index contributed by atoms with van der Waals surface area (Å²) in [6, 6.07) is 0. The van der Waals surface area contributed by atoms with Gasteiger partial charge in [-0.2, -0.15) is 0 Å². The van der Waals surface area contributed by atoms with Gasteiger partial charge in [0.05, 0.1) is 0 Å². The summed E-state index contributed by atoms with van der Waals surface area (Å²) in [6.45, 7) is 8.12. The molecule has 0 spiro atoms. The fourth-order valence-electron chi connectivity index (χ4n) is 2.96. The van der Waals surface area contributed by atoms with Gasteiger partial charge in [-0.15, -0.1) is 0 Å². The Labute approximate surface area is 85.3 Å². The largest absolute Gasteiger partial charge is 0.461 e. The van der Waals surface area contributed by atoms with E-state index in [-0.39, 0.29) is 17.5 Å². The second-order valence-electron chi connectivity index (χ2n) is 4.93. The Morgan fingerprint density at radius 3 is 2.64 bits per heavy atom. The molecule has 0 bridgehead atoms. The van der Waals surface area contributed by atoms with Crippen molar-refractivity contribution >= 4 is 5.97 Å². The van der Waals surface area contributed by atoms with Crippen LogP contribution in [0.3, 0.4) is 0 Å². The first kappa shape index (κ1) is 9.75. The van der Waals surface area contributed by atoms with Gasteiger partial charge in [0.2, 0.25) is 0 Å². The fraction of sp³-hybridized carbons (Fsp3) is 0.750. The van der Waals surface area contributed by atoms with E-state index in [9.17, 15) is 4.79 Å². The third kappa shape index (κ3) is 1.13. The van der Waals surface area contributed by atoms with E-state index in [0.717, 1.165) is 12.8 Å². The van der Waals surface area contributed by atoms with E-state index in [1.165, 1.54) is 12.5 Å². The smallest absolute Gasteiger partial charge is 0.302 e. The Kier molecular flexibility index (Phi) is 1.98. The predicted molar refractivity (Wildman–Crippen MR) is 54.8 cm³/mol. The van der Waals surface area contributed by atoms with Crippen molar-refractivity contribution in [1.29, 1.82) is 0 Å². The molecule has 0 saturated heterocycles. The molecule has 14 heavy (non-hydrogen) atoms. The van der Waals surface area contributed by atoms with E-state index in [1.54, 1.807) is 5.57 Å². The van der Waals surface area contributed by atoms with E-state index >= 15 is 0 Å². The van der Waals surface area contributed by atoms with E-state index in [4.69, 9.17) is 4.74 Å².